The van der Waals surface area contributed by atoms with Crippen LogP contribution in [0.3, 0.4) is 0 Å². The number of H-pyrrole nitrogens is 1. The summed E-state index contributed by atoms with van der Waals surface area (Å²) in [5, 5.41) is 22.9. The summed E-state index contributed by atoms with van der Waals surface area (Å²) in [6.45, 7) is 0.448. The summed E-state index contributed by atoms with van der Waals surface area (Å²) >= 11 is 0. The summed E-state index contributed by atoms with van der Waals surface area (Å²) in [6, 6.07) is 7.53. The van der Waals surface area contributed by atoms with Gasteiger partial charge in [-0.1, -0.05) is 5.92 Å². The fraction of sp³-hybridized carbons (Fsp3) is 0.361. The van der Waals surface area contributed by atoms with Crippen molar-refractivity contribution in [3.05, 3.63) is 104 Å². The third kappa shape index (κ3) is 6.00. The monoisotopic (exact) mass is 755 g/mol. The zero-order chi connectivity index (χ0) is 38.3. The Morgan fingerprint density at radius 2 is 1.83 bits per heavy atom. The van der Waals surface area contributed by atoms with Gasteiger partial charge in [-0.3, -0.25) is 9.48 Å². The largest absolute Gasteiger partial charge is 0.435 e. The van der Waals surface area contributed by atoms with Gasteiger partial charge >= 0.3 is 11.9 Å². The van der Waals surface area contributed by atoms with Crippen LogP contribution in [-0.4, -0.2) is 59.2 Å². The minimum atomic E-state index is -5.06. The third-order valence-corrected chi connectivity index (χ3v) is 10.1. The molecule has 1 saturated heterocycles. The predicted octanol–water partition coefficient (Wildman–Crippen LogP) is 4.70. The molecule has 1 saturated carbocycles. The van der Waals surface area contributed by atoms with Gasteiger partial charge in [0, 0.05) is 34.4 Å². The van der Waals surface area contributed by atoms with Crippen LogP contribution in [0.15, 0.2) is 47.3 Å². The Labute approximate surface area is 300 Å². The summed E-state index contributed by atoms with van der Waals surface area (Å²) in [4.78, 5) is 31.2. The molecule has 1 aromatic carbocycles. The predicted molar refractivity (Wildman–Crippen MR) is 174 cm³/mol. The van der Waals surface area contributed by atoms with Crippen LogP contribution in [0, 0.1) is 36.3 Å². The first-order chi connectivity index (χ1) is 25.5. The molecule has 3 N–H and O–H groups in total. The molecule has 0 bridgehead atoms. The van der Waals surface area contributed by atoms with Gasteiger partial charge in [-0.25, -0.2) is 28.1 Å². The molecule has 4 aromatic heterocycles. The number of ether oxygens (including phenoxy) is 1. The summed E-state index contributed by atoms with van der Waals surface area (Å²) < 4.78 is 109. The van der Waals surface area contributed by atoms with E-state index in [-0.39, 0.29) is 55.1 Å². The number of aryl methyl sites for hydroxylation is 1. The number of fused-ring (bicyclic) bond motifs is 4. The molecule has 11 nitrogen and oxygen atoms in total. The first kappa shape index (κ1) is 35.5. The molecule has 0 radical (unpaired) electrons. The smallest absolute Gasteiger partial charge is 0.373 e. The van der Waals surface area contributed by atoms with E-state index in [1.54, 1.807) is 19.1 Å². The Hall–Kier alpha value is -5.54. The molecule has 2 aliphatic carbocycles. The molecular weight excluding hydrogens is 727 g/mol. The molecule has 2 fully saturated rings. The van der Waals surface area contributed by atoms with Gasteiger partial charge in [-0.15, -0.1) is 0 Å². The second-order valence-corrected chi connectivity index (χ2v) is 13.7. The van der Waals surface area contributed by atoms with Gasteiger partial charge in [0.1, 0.15) is 29.6 Å². The van der Waals surface area contributed by atoms with Crippen molar-refractivity contribution in [2.75, 3.05) is 13.2 Å². The normalized spacial score (nSPS) is 19.9. The number of halogens is 7. The quantitative estimate of drug-likeness (QED) is 0.162. The average molecular weight is 756 g/mol. The molecule has 54 heavy (non-hydrogen) atoms. The molecule has 5 aromatic rings. The Bertz CT molecular complexity index is 2450. The highest BCUT2D eigenvalue weighted by Crippen LogP contribution is 2.64. The van der Waals surface area contributed by atoms with Gasteiger partial charge in [-0.2, -0.15) is 32.1 Å². The summed E-state index contributed by atoms with van der Waals surface area (Å²) in [5.74, 6) is -3.59. The Kier molecular flexibility index (Phi) is 8.23. The van der Waals surface area contributed by atoms with Gasteiger partial charge < -0.3 is 15.2 Å². The van der Waals surface area contributed by atoms with Crippen LogP contribution in [0.2, 0.25) is 0 Å². The topological polar surface area (TPSA) is 139 Å². The number of rotatable bonds is 7. The number of carbonyl (C=O) groups excluding carboxylic acids is 1. The third-order valence-electron chi connectivity index (χ3n) is 10.1. The van der Waals surface area contributed by atoms with Crippen molar-refractivity contribution in [1.29, 1.82) is 0 Å². The second-order valence-electron chi connectivity index (χ2n) is 13.7. The zero-order valence-electron chi connectivity index (χ0n) is 28.1. The number of aliphatic hydroxyl groups is 1. The number of alkyl halides is 5. The molecule has 3 aliphatic rings. The molecule has 0 unspecified atom stereocenters. The molecule has 3 atom stereocenters. The number of aromatic amines is 1. The molecule has 1 aliphatic heterocycles. The van der Waals surface area contributed by atoms with Crippen molar-refractivity contribution in [3.63, 3.8) is 0 Å². The van der Waals surface area contributed by atoms with Crippen LogP contribution in [-0.2, 0) is 34.6 Å². The molecule has 5 heterocycles. The maximum Gasteiger partial charge on any atom is 0.435 e. The van der Waals surface area contributed by atoms with Crippen molar-refractivity contribution >= 4 is 11.6 Å². The van der Waals surface area contributed by atoms with Crippen LogP contribution in [0.1, 0.15) is 64.4 Å². The van der Waals surface area contributed by atoms with Crippen molar-refractivity contribution in [2.24, 2.45) is 5.92 Å². The number of nitrogens with one attached hydrogen (secondary N) is 2. The number of pyridine rings is 2. The van der Waals surface area contributed by atoms with Crippen LogP contribution >= 0.6 is 0 Å². The maximum absolute atomic E-state index is 15.6. The number of benzene rings is 1. The van der Waals surface area contributed by atoms with E-state index in [0.717, 1.165) is 12.1 Å². The van der Waals surface area contributed by atoms with Crippen molar-refractivity contribution in [2.45, 2.75) is 62.4 Å². The number of hydrogen-bond acceptors (Lipinski definition) is 7. The van der Waals surface area contributed by atoms with E-state index >= 15 is 8.78 Å². The summed E-state index contributed by atoms with van der Waals surface area (Å²) in [7, 11) is 0. The molecule has 1 amide bonds. The van der Waals surface area contributed by atoms with E-state index in [4.69, 9.17) is 4.74 Å². The van der Waals surface area contributed by atoms with Gasteiger partial charge in [-0.05, 0) is 80.0 Å². The average Bonchev–Trinajstić information content (AvgIpc) is 3.66. The number of carbonyl (C=O) groups is 1. The van der Waals surface area contributed by atoms with Crippen molar-refractivity contribution in [3.8, 4) is 23.0 Å². The number of hydrogen-bond donors (Lipinski definition) is 3. The minimum Gasteiger partial charge on any atom is -0.373 e. The van der Waals surface area contributed by atoms with Crippen molar-refractivity contribution in [1.82, 2.24) is 34.7 Å². The lowest BCUT2D eigenvalue weighted by molar-refractivity contribution is -0.144. The van der Waals surface area contributed by atoms with Gasteiger partial charge in [0.15, 0.2) is 16.9 Å². The Balaban J connectivity index is 1.24. The van der Waals surface area contributed by atoms with Crippen LogP contribution in [0.5, 0.6) is 0 Å². The fourth-order valence-electron chi connectivity index (χ4n) is 7.53. The molecule has 280 valence electrons. The lowest BCUT2D eigenvalue weighted by Crippen LogP contribution is -2.48. The Morgan fingerprint density at radius 1 is 1.11 bits per heavy atom. The van der Waals surface area contributed by atoms with E-state index < -0.39 is 82.3 Å². The Morgan fingerprint density at radius 3 is 2.48 bits per heavy atom. The molecule has 18 heteroatoms. The summed E-state index contributed by atoms with van der Waals surface area (Å²) in [6.07, 6.45) is -5.29. The van der Waals surface area contributed by atoms with E-state index in [9.17, 15) is 36.6 Å². The highest BCUT2D eigenvalue weighted by molar-refractivity contribution is 5.78. The van der Waals surface area contributed by atoms with Crippen LogP contribution < -0.4 is 11.0 Å². The maximum atomic E-state index is 15.6. The summed E-state index contributed by atoms with van der Waals surface area (Å²) in [5.41, 5.74) is -3.58. The van der Waals surface area contributed by atoms with Crippen molar-refractivity contribution < 1.29 is 45.4 Å². The minimum absolute atomic E-state index is 0.0103. The fourth-order valence-corrected chi connectivity index (χ4v) is 7.53. The SMILES string of the molecule is Cc1c(-c2ccc(C#CC3(O)COC3)nc2[C@H](Cc2cc(F)cc(F)c2)NC(=O)Cn2nc(C(F)(F)F)c3c2C(F)(F)[C@@H]2CC[C@H]32)ccc2n[nH]c(=O)n12. The highest BCUT2D eigenvalue weighted by Gasteiger charge is 2.63. The van der Waals surface area contributed by atoms with Gasteiger partial charge in [0.05, 0.1) is 24.9 Å². The van der Waals surface area contributed by atoms with E-state index in [1.165, 1.54) is 16.5 Å². The lowest BCUT2D eigenvalue weighted by Gasteiger charge is -2.34. The second kappa shape index (κ2) is 12.5. The number of aromatic nitrogens is 6. The first-order valence-electron chi connectivity index (χ1n) is 16.7. The van der Waals surface area contributed by atoms with Crippen LogP contribution in [0.25, 0.3) is 16.8 Å². The molecule has 0 spiro atoms. The number of nitrogens with zero attached hydrogens (tertiary/aromatic N) is 5. The highest BCUT2D eigenvalue weighted by atomic mass is 19.4. The van der Waals surface area contributed by atoms with E-state index in [0.29, 0.717) is 27.6 Å². The van der Waals surface area contributed by atoms with E-state index in [2.05, 4.69) is 37.4 Å². The molecule has 8 rings (SSSR count). The zero-order valence-corrected chi connectivity index (χ0v) is 28.1. The number of amides is 1. The lowest BCUT2D eigenvalue weighted by atomic mass is 9.73. The van der Waals surface area contributed by atoms with Gasteiger partial charge in [0.2, 0.25) is 5.91 Å². The van der Waals surface area contributed by atoms with Gasteiger partial charge in [0.25, 0.3) is 5.92 Å². The first-order valence-corrected chi connectivity index (χ1v) is 16.7. The standard InChI is InChI=1S/C36H28F7N7O4/c1-17-22(5-7-27-46-47-33(52)50(17)27)23-3-2-21(8-9-34(53)15-54-16-34)44-30(23)26(12-18-10-19(37)13-20(38)11-18)45-28(51)14-49-32-29(31(48-49)36(41,42)43)24-4-6-25(24)35(32,39)40/h2-3,5,7,10-11,13,24-26,53H,4,6,12,14-16H2,1H3,(H,45,51)(H,47,52)/t24-,25+,26-/m0/s1. The van der Waals surface area contributed by atoms with Crippen LogP contribution in [0.4, 0.5) is 30.7 Å². The van der Waals surface area contributed by atoms with E-state index in [1.807, 2.05) is 0 Å². The molecular formula is C36H28F7N7O4.